The van der Waals surface area contributed by atoms with Crippen molar-refractivity contribution in [1.82, 2.24) is 10.6 Å². The van der Waals surface area contributed by atoms with Crippen LogP contribution in [0.15, 0.2) is 41.4 Å². The molecule has 0 unspecified atom stereocenters. The lowest BCUT2D eigenvalue weighted by Gasteiger charge is -2.19. The molecule has 130 valence electrons. The molecule has 1 saturated carbocycles. The molecule has 1 aromatic carbocycles. The molecule has 0 amide bonds. The number of aryl methyl sites for hydroxylation is 1. The molecule has 1 fully saturated rings. The Bertz CT molecular complexity index is 693. The van der Waals surface area contributed by atoms with Crippen molar-refractivity contribution in [3.63, 3.8) is 0 Å². The van der Waals surface area contributed by atoms with Crippen molar-refractivity contribution in [1.29, 1.82) is 0 Å². The number of hydrogen-bond acceptors (Lipinski definition) is 2. The number of nitrogens with one attached hydrogen (secondary N) is 2. The van der Waals surface area contributed by atoms with Crippen molar-refractivity contribution in [2.24, 2.45) is 4.99 Å². The summed E-state index contributed by atoms with van der Waals surface area (Å²) in [5.41, 5.74) is 1.33. The van der Waals surface area contributed by atoms with E-state index in [1.165, 1.54) is 15.3 Å². The number of hydrogen-bond donors (Lipinski definition) is 2. The molecule has 0 saturated heterocycles. The number of halogens is 2. The van der Waals surface area contributed by atoms with Gasteiger partial charge in [0.2, 0.25) is 0 Å². The third kappa shape index (κ3) is 4.69. The van der Waals surface area contributed by atoms with Crippen molar-refractivity contribution in [3.8, 4) is 0 Å². The third-order valence-electron chi connectivity index (χ3n) is 4.35. The summed E-state index contributed by atoms with van der Waals surface area (Å²) in [6.07, 6.45) is 2.26. The SMILES string of the molecule is CN=C(NCc1ccc(C)s1)NCC1(c2ccc(F)cc2)CC1.I. The predicted octanol–water partition coefficient (Wildman–Crippen LogP) is 4.21. The van der Waals surface area contributed by atoms with Gasteiger partial charge in [-0.3, -0.25) is 4.99 Å². The summed E-state index contributed by atoms with van der Waals surface area (Å²) in [5.74, 6) is 0.630. The number of thiophene rings is 1. The van der Waals surface area contributed by atoms with Gasteiger partial charge in [0, 0.05) is 28.8 Å². The maximum atomic E-state index is 13.1. The van der Waals surface area contributed by atoms with Gasteiger partial charge < -0.3 is 10.6 Å². The molecule has 1 aliphatic carbocycles. The van der Waals surface area contributed by atoms with Gasteiger partial charge in [-0.2, -0.15) is 0 Å². The van der Waals surface area contributed by atoms with Gasteiger partial charge >= 0.3 is 0 Å². The highest BCUT2D eigenvalue weighted by atomic mass is 127. The van der Waals surface area contributed by atoms with E-state index >= 15 is 0 Å². The zero-order valence-electron chi connectivity index (χ0n) is 13.9. The fraction of sp³-hybridized carbons (Fsp3) is 0.389. The van der Waals surface area contributed by atoms with Crippen LogP contribution in [0.5, 0.6) is 0 Å². The van der Waals surface area contributed by atoms with E-state index < -0.39 is 0 Å². The normalized spacial score (nSPS) is 15.5. The van der Waals surface area contributed by atoms with E-state index in [1.807, 2.05) is 12.1 Å². The molecule has 3 nitrogen and oxygen atoms in total. The number of benzene rings is 1. The molecule has 1 heterocycles. The van der Waals surface area contributed by atoms with Crippen molar-refractivity contribution in [3.05, 3.63) is 57.5 Å². The van der Waals surface area contributed by atoms with E-state index in [4.69, 9.17) is 0 Å². The molecule has 1 aliphatic rings. The molecule has 0 aliphatic heterocycles. The van der Waals surface area contributed by atoms with Crippen LogP contribution in [0.2, 0.25) is 0 Å². The van der Waals surface area contributed by atoms with Crippen LogP contribution in [0.25, 0.3) is 0 Å². The molecule has 1 aromatic heterocycles. The van der Waals surface area contributed by atoms with E-state index in [2.05, 4.69) is 34.7 Å². The van der Waals surface area contributed by atoms with Crippen LogP contribution < -0.4 is 10.6 Å². The largest absolute Gasteiger partial charge is 0.356 e. The smallest absolute Gasteiger partial charge is 0.191 e. The van der Waals surface area contributed by atoms with Crippen molar-refractivity contribution in [2.75, 3.05) is 13.6 Å². The summed E-state index contributed by atoms with van der Waals surface area (Å²) in [6, 6.07) is 11.2. The van der Waals surface area contributed by atoms with E-state index in [1.54, 1.807) is 30.5 Å². The summed E-state index contributed by atoms with van der Waals surface area (Å²) < 4.78 is 13.1. The van der Waals surface area contributed by atoms with Crippen LogP contribution in [0.4, 0.5) is 4.39 Å². The zero-order chi connectivity index (χ0) is 16.3. The maximum Gasteiger partial charge on any atom is 0.191 e. The lowest BCUT2D eigenvalue weighted by atomic mass is 9.96. The first-order valence-corrected chi connectivity index (χ1v) is 8.69. The molecular weight excluding hydrogens is 436 g/mol. The van der Waals surface area contributed by atoms with Crippen molar-refractivity contribution >= 4 is 41.3 Å². The Morgan fingerprint density at radius 1 is 1.17 bits per heavy atom. The van der Waals surface area contributed by atoms with Crippen LogP contribution >= 0.6 is 35.3 Å². The van der Waals surface area contributed by atoms with Crippen LogP contribution in [0.1, 0.15) is 28.2 Å². The lowest BCUT2D eigenvalue weighted by Crippen LogP contribution is -2.40. The Kier molecular flexibility index (Phi) is 6.62. The van der Waals surface area contributed by atoms with E-state index in [0.717, 1.165) is 31.9 Å². The average Bonchev–Trinajstić information content (AvgIpc) is 3.23. The monoisotopic (exact) mass is 459 g/mol. The third-order valence-corrected chi connectivity index (χ3v) is 5.35. The number of rotatable bonds is 5. The summed E-state index contributed by atoms with van der Waals surface area (Å²) >= 11 is 1.79. The second-order valence-corrected chi connectivity index (χ2v) is 7.45. The first kappa shape index (κ1) is 19.2. The first-order valence-electron chi connectivity index (χ1n) is 7.87. The van der Waals surface area contributed by atoms with Crippen molar-refractivity contribution < 1.29 is 4.39 Å². The highest BCUT2D eigenvalue weighted by Gasteiger charge is 2.44. The van der Waals surface area contributed by atoms with Crippen LogP contribution in [-0.2, 0) is 12.0 Å². The number of aliphatic imine (C=N–C) groups is 1. The Labute approximate surface area is 163 Å². The predicted molar refractivity (Wildman–Crippen MR) is 110 cm³/mol. The molecular formula is C18H23FIN3S. The van der Waals surface area contributed by atoms with Crippen LogP contribution in [0.3, 0.4) is 0 Å². The number of nitrogens with zero attached hydrogens (tertiary/aromatic N) is 1. The van der Waals surface area contributed by atoms with Crippen molar-refractivity contribution in [2.45, 2.75) is 31.7 Å². The second-order valence-electron chi connectivity index (χ2n) is 6.08. The summed E-state index contributed by atoms with van der Waals surface area (Å²) in [7, 11) is 1.78. The Hall–Kier alpha value is -1.15. The highest BCUT2D eigenvalue weighted by molar-refractivity contribution is 14.0. The van der Waals surface area contributed by atoms with Gasteiger partial charge in [0.15, 0.2) is 5.96 Å². The van der Waals surface area contributed by atoms with Gasteiger partial charge in [0.05, 0.1) is 6.54 Å². The Balaban J connectivity index is 0.00000208. The molecule has 6 heteroatoms. The minimum Gasteiger partial charge on any atom is -0.356 e. The summed E-state index contributed by atoms with van der Waals surface area (Å²) in [4.78, 5) is 6.90. The standard InChI is InChI=1S/C18H22FN3S.HI/c1-13-3-8-16(23-13)11-21-17(20-2)22-12-18(9-10-18)14-4-6-15(19)7-5-14;/h3-8H,9-12H2,1-2H3,(H2,20,21,22);1H. The fourth-order valence-electron chi connectivity index (χ4n) is 2.75. The molecule has 0 radical (unpaired) electrons. The molecule has 3 rings (SSSR count). The van der Waals surface area contributed by atoms with Gasteiger partial charge in [-0.1, -0.05) is 12.1 Å². The molecule has 2 N–H and O–H groups in total. The topological polar surface area (TPSA) is 36.4 Å². The Morgan fingerprint density at radius 3 is 2.42 bits per heavy atom. The Morgan fingerprint density at radius 2 is 1.88 bits per heavy atom. The minimum atomic E-state index is -0.179. The van der Waals surface area contributed by atoms with Gasteiger partial charge in [-0.15, -0.1) is 35.3 Å². The molecule has 0 atom stereocenters. The van der Waals surface area contributed by atoms with Crippen LogP contribution in [0, 0.1) is 12.7 Å². The van der Waals surface area contributed by atoms with Gasteiger partial charge in [0.1, 0.15) is 5.82 Å². The molecule has 0 bridgehead atoms. The quantitative estimate of drug-likeness (QED) is 0.399. The van der Waals surface area contributed by atoms with E-state index in [-0.39, 0.29) is 35.2 Å². The first-order chi connectivity index (χ1) is 11.1. The number of guanidine groups is 1. The van der Waals surface area contributed by atoms with Gasteiger partial charge in [0.25, 0.3) is 0 Å². The summed E-state index contributed by atoms with van der Waals surface area (Å²) in [5, 5.41) is 6.76. The molecule has 2 aromatic rings. The molecule has 0 spiro atoms. The zero-order valence-corrected chi connectivity index (χ0v) is 17.1. The van der Waals surface area contributed by atoms with Crippen LogP contribution in [-0.4, -0.2) is 19.6 Å². The van der Waals surface area contributed by atoms with E-state index in [9.17, 15) is 4.39 Å². The maximum absolute atomic E-state index is 13.1. The average molecular weight is 459 g/mol. The van der Waals surface area contributed by atoms with Gasteiger partial charge in [-0.05, 0) is 49.6 Å². The lowest BCUT2D eigenvalue weighted by molar-refractivity contribution is 0.617. The highest BCUT2D eigenvalue weighted by Crippen LogP contribution is 2.47. The fourth-order valence-corrected chi connectivity index (χ4v) is 3.58. The second kappa shape index (κ2) is 8.29. The van der Waals surface area contributed by atoms with Gasteiger partial charge in [-0.25, -0.2) is 4.39 Å². The summed E-state index contributed by atoms with van der Waals surface area (Å²) in [6.45, 7) is 3.71. The minimum absolute atomic E-state index is 0. The molecule has 24 heavy (non-hydrogen) atoms. The van der Waals surface area contributed by atoms with E-state index in [0.29, 0.717) is 0 Å².